The number of nitrogens with zero attached hydrogens (tertiary/aromatic N) is 1. The summed E-state index contributed by atoms with van der Waals surface area (Å²) in [5.74, 6) is 0.357. The minimum Gasteiger partial charge on any atom is -0.469 e. The highest BCUT2D eigenvalue weighted by molar-refractivity contribution is 7.92. The maximum Gasteiger partial charge on any atom is 0.310 e. The summed E-state index contributed by atoms with van der Waals surface area (Å²) in [5.41, 5.74) is 0.939. The molecule has 0 unspecified atom stereocenters. The second-order valence-corrected chi connectivity index (χ2v) is 6.22. The lowest BCUT2D eigenvalue weighted by Crippen LogP contribution is -2.15. The van der Waals surface area contributed by atoms with Gasteiger partial charge in [-0.2, -0.15) is 0 Å². The average molecular weight is 341 g/mol. The van der Waals surface area contributed by atoms with Crippen LogP contribution in [0.2, 0.25) is 0 Å². The zero-order valence-corrected chi connectivity index (χ0v) is 14.5. The fraction of sp³-hybridized carbons (Fsp3) is 0.400. The topological polar surface area (TPSA) is 48.0 Å². The van der Waals surface area contributed by atoms with Gasteiger partial charge in [-0.05, 0) is 29.1 Å². The zero-order valence-electron chi connectivity index (χ0n) is 12.8. The van der Waals surface area contributed by atoms with Crippen LogP contribution in [0.1, 0.15) is 19.4 Å². The molecular formula is C15H19NO4S2. The Morgan fingerprint density at radius 2 is 2.09 bits per heavy atom. The Morgan fingerprint density at radius 3 is 2.77 bits per heavy atom. The van der Waals surface area contributed by atoms with Gasteiger partial charge >= 0.3 is 5.97 Å². The molecule has 0 aliphatic rings. The van der Waals surface area contributed by atoms with E-state index in [4.69, 9.17) is 14.0 Å². The molecule has 0 saturated carbocycles. The molecule has 1 aromatic heterocycles. The summed E-state index contributed by atoms with van der Waals surface area (Å²) < 4.78 is 13.0. The molecule has 0 amide bonds. The van der Waals surface area contributed by atoms with Crippen LogP contribution in [-0.4, -0.2) is 30.5 Å². The van der Waals surface area contributed by atoms with Gasteiger partial charge in [0, 0.05) is 23.2 Å². The van der Waals surface area contributed by atoms with Gasteiger partial charge in [0.1, 0.15) is 12.2 Å². The van der Waals surface area contributed by atoms with Gasteiger partial charge in [0.15, 0.2) is 5.75 Å². The smallest absolute Gasteiger partial charge is 0.310 e. The van der Waals surface area contributed by atoms with Gasteiger partial charge in [0.05, 0.1) is 13.5 Å². The fourth-order valence-electron chi connectivity index (χ4n) is 1.90. The molecule has 0 saturated heterocycles. The van der Waals surface area contributed by atoms with E-state index in [1.165, 1.54) is 19.3 Å². The Hall–Kier alpha value is -1.28. The molecule has 0 fully saturated rings. The lowest BCUT2D eigenvalue weighted by Gasteiger charge is -2.14. The Kier molecular flexibility index (Phi) is 6.50. The Labute approximate surface area is 138 Å². The van der Waals surface area contributed by atoms with Crippen molar-refractivity contribution in [3.8, 4) is 5.75 Å². The number of ether oxygens (including phenoxy) is 1. The Morgan fingerprint density at radius 1 is 1.32 bits per heavy atom. The van der Waals surface area contributed by atoms with Crippen molar-refractivity contribution in [1.29, 1.82) is 0 Å². The second-order valence-electron chi connectivity index (χ2n) is 4.51. The standard InChI is InChI=1S/C15H19NO4S2/c1-4-16(5-2)22-20-19-12-6-7-14-13(9-12)11(10-21-14)8-15(17)18-3/h6-7,9-10H,4-5,8H2,1-3H3. The van der Waals surface area contributed by atoms with Crippen molar-refractivity contribution < 1.29 is 18.8 Å². The summed E-state index contributed by atoms with van der Waals surface area (Å²) in [7, 11) is 1.39. The SMILES string of the molecule is CCN(CC)SOOc1ccc2scc(CC(=O)OC)c2c1. The molecule has 120 valence electrons. The fourth-order valence-corrected chi connectivity index (χ4v) is 3.25. The highest BCUT2D eigenvalue weighted by Crippen LogP contribution is 2.30. The molecule has 0 radical (unpaired) electrons. The quantitative estimate of drug-likeness (QED) is 0.239. The Balaban J connectivity index is 2.05. The van der Waals surface area contributed by atoms with E-state index in [0.717, 1.165) is 28.7 Å². The van der Waals surface area contributed by atoms with Gasteiger partial charge in [0.2, 0.25) is 0 Å². The second kappa shape index (κ2) is 8.38. The lowest BCUT2D eigenvalue weighted by atomic mass is 10.1. The molecule has 5 nitrogen and oxygen atoms in total. The number of esters is 1. The number of carbonyl (C=O) groups excluding carboxylic acids is 1. The van der Waals surface area contributed by atoms with Gasteiger partial charge in [-0.15, -0.1) is 11.3 Å². The van der Waals surface area contributed by atoms with Crippen molar-refractivity contribution in [2.75, 3.05) is 20.2 Å². The molecule has 0 bridgehead atoms. The molecule has 0 spiro atoms. The van der Waals surface area contributed by atoms with E-state index in [-0.39, 0.29) is 12.4 Å². The largest absolute Gasteiger partial charge is 0.469 e. The third-order valence-electron chi connectivity index (χ3n) is 3.16. The summed E-state index contributed by atoms with van der Waals surface area (Å²) >= 11 is 2.78. The predicted octanol–water partition coefficient (Wildman–Crippen LogP) is 3.83. The molecule has 1 heterocycles. The van der Waals surface area contributed by atoms with E-state index in [0.29, 0.717) is 5.75 Å². The van der Waals surface area contributed by atoms with Crippen molar-refractivity contribution in [2.45, 2.75) is 20.3 Å². The third kappa shape index (κ3) is 4.36. The lowest BCUT2D eigenvalue weighted by molar-refractivity contribution is -0.139. The van der Waals surface area contributed by atoms with Gasteiger partial charge in [-0.3, -0.25) is 4.79 Å². The molecule has 2 aromatic rings. The highest BCUT2D eigenvalue weighted by atomic mass is 32.2. The monoisotopic (exact) mass is 341 g/mol. The summed E-state index contributed by atoms with van der Waals surface area (Å²) in [5, 5.41) is 2.96. The van der Waals surface area contributed by atoms with Crippen LogP contribution in [0.5, 0.6) is 5.75 Å². The van der Waals surface area contributed by atoms with E-state index in [2.05, 4.69) is 13.8 Å². The number of fused-ring (bicyclic) bond motifs is 1. The number of hydrogen-bond acceptors (Lipinski definition) is 7. The summed E-state index contributed by atoms with van der Waals surface area (Å²) in [4.78, 5) is 16.8. The molecule has 1 aromatic carbocycles. The van der Waals surface area contributed by atoms with Crippen molar-refractivity contribution in [3.05, 3.63) is 29.1 Å². The van der Waals surface area contributed by atoms with Crippen LogP contribution in [0.3, 0.4) is 0 Å². The average Bonchev–Trinajstić information content (AvgIpc) is 2.94. The van der Waals surface area contributed by atoms with Crippen molar-refractivity contribution >= 4 is 39.6 Å². The maximum absolute atomic E-state index is 11.4. The van der Waals surface area contributed by atoms with E-state index >= 15 is 0 Å². The molecule has 0 aliphatic carbocycles. The molecule has 7 heteroatoms. The number of hydrogen-bond donors (Lipinski definition) is 0. The minimum atomic E-state index is -0.251. The Bertz CT molecular complexity index is 625. The van der Waals surface area contributed by atoms with Crippen molar-refractivity contribution in [1.82, 2.24) is 4.31 Å². The molecule has 2 rings (SSSR count). The van der Waals surface area contributed by atoms with Gasteiger partial charge < -0.3 is 9.62 Å². The number of methoxy groups -OCH3 is 1. The molecule has 0 aliphatic heterocycles. The number of rotatable bonds is 8. The number of thiophene rings is 1. The van der Waals surface area contributed by atoms with Crippen molar-refractivity contribution in [3.63, 3.8) is 0 Å². The molecule has 0 atom stereocenters. The van der Waals surface area contributed by atoms with Gasteiger partial charge in [0.25, 0.3) is 0 Å². The first-order chi connectivity index (χ1) is 10.7. The highest BCUT2D eigenvalue weighted by Gasteiger charge is 2.11. The van der Waals surface area contributed by atoms with Crippen LogP contribution in [-0.2, 0) is 20.3 Å². The molecule has 22 heavy (non-hydrogen) atoms. The van der Waals surface area contributed by atoms with Gasteiger partial charge in [-0.1, -0.05) is 18.2 Å². The minimum absolute atomic E-state index is 0.251. The van der Waals surface area contributed by atoms with E-state index < -0.39 is 0 Å². The summed E-state index contributed by atoms with van der Waals surface area (Å²) in [6.45, 7) is 5.85. The summed E-state index contributed by atoms with van der Waals surface area (Å²) in [6.07, 6.45) is 0.259. The van der Waals surface area contributed by atoms with Crippen LogP contribution in [0, 0.1) is 0 Å². The van der Waals surface area contributed by atoms with Crippen LogP contribution >= 0.6 is 23.6 Å². The van der Waals surface area contributed by atoms with E-state index in [1.54, 1.807) is 11.3 Å². The van der Waals surface area contributed by atoms with Crippen LogP contribution in [0.25, 0.3) is 10.1 Å². The van der Waals surface area contributed by atoms with Crippen LogP contribution in [0.15, 0.2) is 23.6 Å². The molecular weight excluding hydrogens is 322 g/mol. The summed E-state index contributed by atoms with van der Waals surface area (Å²) in [6, 6.07) is 5.69. The third-order valence-corrected chi connectivity index (χ3v) is 5.03. The number of benzene rings is 1. The van der Waals surface area contributed by atoms with Crippen molar-refractivity contribution in [2.24, 2.45) is 0 Å². The number of carbonyl (C=O) groups is 1. The first-order valence-electron chi connectivity index (χ1n) is 7.01. The normalized spacial score (nSPS) is 11.1. The van der Waals surface area contributed by atoms with Crippen LogP contribution < -0.4 is 4.89 Å². The van der Waals surface area contributed by atoms with E-state index in [1.807, 2.05) is 27.9 Å². The molecule has 0 N–H and O–H groups in total. The first kappa shape index (κ1) is 17.1. The van der Waals surface area contributed by atoms with E-state index in [9.17, 15) is 4.79 Å². The first-order valence-corrected chi connectivity index (χ1v) is 8.58. The predicted molar refractivity (Wildman–Crippen MR) is 89.8 cm³/mol. The van der Waals surface area contributed by atoms with Gasteiger partial charge in [-0.25, -0.2) is 4.31 Å². The van der Waals surface area contributed by atoms with Crippen LogP contribution in [0.4, 0.5) is 0 Å². The maximum atomic E-state index is 11.4. The zero-order chi connectivity index (χ0) is 15.9.